The van der Waals surface area contributed by atoms with E-state index in [9.17, 15) is 9.59 Å². The highest BCUT2D eigenvalue weighted by Crippen LogP contribution is 2.38. The van der Waals surface area contributed by atoms with Gasteiger partial charge in [-0.05, 0) is 75.3 Å². The minimum absolute atomic E-state index is 0.0966. The molecule has 33 heavy (non-hydrogen) atoms. The molecule has 4 rings (SSSR count). The van der Waals surface area contributed by atoms with Crippen LogP contribution in [0.1, 0.15) is 58.1 Å². The van der Waals surface area contributed by atoms with Gasteiger partial charge in [-0.3, -0.25) is 4.79 Å². The number of nitrogens with zero attached hydrogens (tertiary/aromatic N) is 2. The van der Waals surface area contributed by atoms with Gasteiger partial charge in [0.25, 0.3) is 5.22 Å². The summed E-state index contributed by atoms with van der Waals surface area (Å²) in [6, 6.07) is 5.95. The number of fused-ring (bicyclic) bond motifs is 1. The normalized spacial score (nSPS) is 13.3. The Labute approximate surface area is 201 Å². The number of aromatic nitrogens is 2. The van der Waals surface area contributed by atoms with Gasteiger partial charge in [0, 0.05) is 10.4 Å². The molecule has 0 saturated carbocycles. The molecule has 1 aliphatic carbocycles. The second-order valence-electron chi connectivity index (χ2n) is 8.00. The largest absolute Gasteiger partial charge is 0.462 e. The number of aryl methyl sites for hydroxylation is 3. The lowest BCUT2D eigenvalue weighted by Gasteiger charge is -2.08. The van der Waals surface area contributed by atoms with Crippen LogP contribution >= 0.6 is 23.1 Å². The molecule has 1 amide bonds. The maximum absolute atomic E-state index is 12.7. The summed E-state index contributed by atoms with van der Waals surface area (Å²) in [4.78, 5) is 26.5. The molecular weight excluding hydrogens is 458 g/mol. The van der Waals surface area contributed by atoms with Crippen LogP contribution in [0.25, 0.3) is 11.5 Å². The molecule has 0 bridgehead atoms. The Morgan fingerprint density at radius 3 is 2.76 bits per heavy atom. The van der Waals surface area contributed by atoms with E-state index in [1.165, 1.54) is 33.5 Å². The van der Waals surface area contributed by atoms with Crippen molar-refractivity contribution in [1.82, 2.24) is 10.2 Å². The number of anilines is 1. The van der Waals surface area contributed by atoms with E-state index in [0.717, 1.165) is 48.8 Å². The first-order valence-corrected chi connectivity index (χ1v) is 12.9. The number of thiophene rings is 1. The van der Waals surface area contributed by atoms with E-state index < -0.39 is 0 Å². The molecule has 0 atom stereocenters. The average Bonchev–Trinajstić information content (AvgIpc) is 3.32. The highest BCUT2D eigenvalue weighted by Gasteiger charge is 2.26. The van der Waals surface area contributed by atoms with E-state index in [0.29, 0.717) is 28.3 Å². The lowest BCUT2D eigenvalue weighted by atomic mass is 10.1. The molecule has 7 nitrogen and oxygen atoms in total. The lowest BCUT2D eigenvalue weighted by Crippen LogP contribution is -2.16. The van der Waals surface area contributed by atoms with Crippen LogP contribution in [-0.2, 0) is 22.4 Å². The fourth-order valence-electron chi connectivity index (χ4n) is 3.80. The zero-order valence-electron chi connectivity index (χ0n) is 19.0. The van der Waals surface area contributed by atoms with Crippen LogP contribution in [0.4, 0.5) is 5.00 Å². The number of amides is 1. The first kappa shape index (κ1) is 23.5. The topological polar surface area (TPSA) is 94.3 Å². The number of hydrogen-bond acceptors (Lipinski definition) is 8. The quantitative estimate of drug-likeness (QED) is 0.265. The van der Waals surface area contributed by atoms with Crippen LogP contribution in [0, 0.1) is 13.8 Å². The summed E-state index contributed by atoms with van der Waals surface area (Å²) in [6.45, 7) is 6.16. The van der Waals surface area contributed by atoms with E-state index >= 15 is 0 Å². The molecule has 9 heteroatoms. The molecule has 0 aliphatic heterocycles. The standard InChI is InChI=1S/C24H27N3O4S2/c1-4-30-23(29)20-17-8-6-5-7-9-18(17)33-22(20)25-19(28)13-32-24-27-26-21(31-24)16-11-10-14(2)15(3)12-16/h10-12H,4-9,13H2,1-3H3,(H,25,28). The summed E-state index contributed by atoms with van der Waals surface area (Å²) >= 11 is 2.66. The summed E-state index contributed by atoms with van der Waals surface area (Å²) < 4.78 is 11.0. The van der Waals surface area contributed by atoms with Crippen LogP contribution in [0.5, 0.6) is 0 Å². The number of esters is 1. The van der Waals surface area contributed by atoms with Gasteiger partial charge in [0.1, 0.15) is 5.00 Å². The molecule has 0 radical (unpaired) electrons. The molecule has 174 valence electrons. The molecule has 0 unspecified atom stereocenters. The minimum atomic E-state index is -0.366. The first-order chi connectivity index (χ1) is 16.0. The molecule has 2 aromatic heterocycles. The Kier molecular flexibility index (Phi) is 7.49. The number of benzene rings is 1. The van der Waals surface area contributed by atoms with Gasteiger partial charge < -0.3 is 14.5 Å². The number of nitrogens with one attached hydrogen (secondary N) is 1. The van der Waals surface area contributed by atoms with Crippen molar-refractivity contribution in [3.05, 3.63) is 45.3 Å². The second-order valence-corrected chi connectivity index (χ2v) is 10.0. The van der Waals surface area contributed by atoms with Gasteiger partial charge in [-0.25, -0.2) is 4.79 Å². The third-order valence-electron chi connectivity index (χ3n) is 5.64. The van der Waals surface area contributed by atoms with Crippen molar-refractivity contribution >= 4 is 40.0 Å². The van der Waals surface area contributed by atoms with Gasteiger partial charge in [-0.1, -0.05) is 24.2 Å². The van der Waals surface area contributed by atoms with E-state index in [4.69, 9.17) is 9.15 Å². The number of thioether (sulfide) groups is 1. The summed E-state index contributed by atoms with van der Waals surface area (Å²) in [5.74, 6) is -0.0744. The minimum Gasteiger partial charge on any atom is -0.462 e. The van der Waals surface area contributed by atoms with E-state index in [1.54, 1.807) is 6.92 Å². The summed E-state index contributed by atoms with van der Waals surface area (Å²) in [5, 5.41) is 12.0. The number of carbonyl (C=O) groups excluding carboxylic acids is 2. The predicted molar refractivity (Wildman–Crippen MR) is 130 cm³/mol. The zero-order chi connectivity index (χ0) is 23.4. The Bertz CT molecular complexity index is 1170. The van der Waals surface area contributed by atoms with E-state index in [2.05, 4.69) is 15.5 Å². The Balaban J connectivity index is 1.43. The van der Waals surface area contributed by atoms with Gasteiger partial charge in [0.2, 0.25) is 11.8 Å². The summed E-state index contributed by atoms with van der Waals surface area (Å²) in [7, 11) is 0. The molecule has 0 fully saturated rings. The SMILES string of the molecule is CCOC(=O)c1c(NC(=O)CSc2nnc(-c3ccc(C)c(C)c3)o2)sc2c1CCCCC2. The van der Waals surface area contributed by atoms with Crippen molar-refractivity contribution in [2.24, 2.45) is 0 Å². The van der Waals surface area contributed by atoms with E-state index in [1.807, 2.05) is 32.0 Å². The number of ether oxygens (including phenoxy) is 1. The summed E-state index contributed by atoms with van der Waals surface area (Å²) in [6.07, 6.45) is 5.06. The fourth-order valence-corrected chi connectivity index (χ4v) is 5.66. The van der Waals surface area contributed by atoms with E-state index in [-0.39, 0.29) is 17.6 Å². The third kappa shape index (κ3) is 5.47. The molecule has 1 N–H and O–H groups in total. The van der Waals surface area contributed by atoms with Crippen LogP contribution < -0.4 is 5.32 Å². The predicted octanol–water partition coefficient (Wildman–Crippen LogP) is 5.59. The van der Waals surface area contributed by atoms with Crippen LogP contribution in [0.15, 0.2) is 27.8 Å². The fraction of sp³-hybridized carbons (Fsp3) is 0.417. The Hall–Kier alpha value is -2.65. The highest BCUT2D eigenvalue weighted by molar-refractivity contribution is 7.99. The third-order valence-corrected chi connectivity index (χ3v) is 7.67. The number of carbonyl (C=O) groups is 2. The lowest BCUT2D eigenvalue weighted by molar-refractivity contribution is -0.113. The molecule has 1 aromatic carbocycles. The van der Waals surface area contributed by atoms with Gasteiger partial charge in [-0.15, -0.1) is 21.5 Å². The molecular formula is C24H27N3O4S2. The van der Waals surface area contributed by atoms with Gasteiger partial charge in [0.15, 0.2) is 0 Å². The van der Waals surface area contributed by atoms with Gasteiger partial charge >= 0.3 is 5.97 Å². The van der Waals surface area contributed by atoms with Crippen molar-refractivity contribution in [3.63, 3.8) is 0 Å². The van der Waals surface area contributed by atoms with Crippen molar-refractivity contribution in [1.29, 1.82) is 0 Å². The van der Waals surface area contributed by atoms with Gasteiger partial charge in [0.05, 0.1) is 17.9 Å². The molecule has 0 saturated heterocycles. The second kappa shape index (κ2) is 10.5. The molecule has 3 aromatic rings. The average molecular weight is 486 g/mol. The van der Waals surface area contributed by atoms with Crippen LogP contribution in [0.3, 0.4) is 0 Å². The van der Waals surface area contributed by atoms with Crippen molar-refractivity contribution in [3.8, 4) is 11.5 Å². The zero-order valence-corrected chi connectivity index (χ0v) is 20.7. The molecule has 1 aliphatic rings. The van der Waals surface area contributed by atoms with Gasteiger partial charge in [-0.2, -0.15) is 0 Å². The number of hydrogen-bond donors (Lipinski definition) is 1. The smallest absolute Gasteiger partial charge is 0.341 e. The van der Waals surface area contributed by atoms with Crippen molar-refractivity contribution < 1.29 is 18.7 Å². The highest BCUT2D eigenvalue weighted by atomic mass is 32.2. The Morgan fingerprint density at radius 2 is 1.97 bits per heavy atom. The monoisotopic (exact) mass is 485 g/mol. The maximum Gasteiger partial charge on any atom is 0.341 e. The number of rotatable bonds is 7. The maximum atomic E-state index is 12.7. The van der Waals surface area contributed by atoms with Crippen LogP contribution in [-0.4, -0.2) is 34.4 Å². The summed E-state index contributed by atoms with van der Waals surface area (Å²) in [5.41, 5.74) is 4.74. The van der Waals surface area contributed by atoms with Crippen molar-refractivity contribution in [2.45, 2.75) is 58.1 Å². The first-order valence-electron chi connectivity index (χ1n) is 11.1. The Morgan fingerprint density at radius 1 is 1.15 bits per heavy atom. The van der Waals surface area contributed by atoms with Crippen molar-refractivity contribution in [2.75, 3.05) is 17.7 Å². The molecule has 2 heterocycles. The molecule has 0 spiro atoms. The van der Waals surface area contributed by atoms with Crippen LogP contribution in [0.2, 0.25) is 0 Å².